The number of furan rings is 1. The Balaban J connectivity index is 1.76. The molecule has 1 aliphatic heterocycles. The van der Waals surface area contributed by atoms with Crippen LogP contribution in [-0.4, -0.2) is 34.7 Å². The summed E-state index contributed by atoms with van der Waals surface area (Å²) < 4.78 is 10.9. The lowest BCUT2D eigenvalue weighted by molar-refractivity contribution is -0.150. The predicted octanol–water partition coefficient (Wildman–Crippen LogP) is 5.63. The fraction of sp³-hybridized carbons (Fsp3) is 0.250. The van der Waals surface area contributed by atoms with Gasteiger partial charge in [-0.1, -0.05) is 36.2 Å². The van der Waals surface area contributed by atoms with E-state index in [2.05, 4.69) is 0 Å². The smallest absolute Gasteiger partial charge is 0.326 e. The van der Waals surface area contributed by atoms with E-state index in [1.54, 1.807) is 37.3 Å². The Morgan fingerprint density at radius 1 is 1.28 bits per heavy atom. The summed E-state index contributed by atoms with van der Waals surface area (Å²) in [5, 5.41) is 0.217. The number of rotatable bonds is 6. The van der Waals surface area contributed by atoms with Crippen LogP contribution in [0.15, 0.2) is 39.7 Å². The number of imide groups is 1. The maximum absolute atomic E-state index is 12.5. The van der Waals surface area contributed by atoms with Crippen molar-refractivity contribution in [2.24, 2.45) is 0 Å². The molecule has 1 saturated heterocycles. The molecule has 0 unspecified atom stereocenters. The highest BCUT2D eigenvalue weighted by atomic mass is 35.5. The van der Waals surface area contributed by atoms with Crippen LogP contribution >= 0.6 is 35.0 Å². The highest BCUT2D eigenvalue weighted by Gasteiger charge is 2.37. The van der Waals surface area contributed by atoms with Crippen LogP contribution in [0.2, 0.25) is 10.0 Å². The highest BCUT2D eigenvalue weighted by molar-refractivity contribution is 8.18. The maximum Gasteiger partial charge on any atom is 0.326 e. The van der Waals surface area contributed by atoms with Crippen LogP contribution < -0.4 is 0 Å². The van der Waals surface area contributed by atoms with Crippen molar-refractivity contribution in [3.8, 4) is 11.3 Å². The minimum Gasteiger partial charge on any atom is -0.461 e. The molecule has 2 aromatic rings. The van der Waals surface area contributed by atoms with Gasteiger partial charge in [0, 0.05) is 11.6 Å². The third kappa shape index (κ3) is 4.86. The molecule has 3 rings (SSSR count). The molecule has 152 valence electrons. The number of hydrogen-bond donors (Lipinski definition) is 0. The van der Waals surface area contributed by atoms with Crippen molar-refractivity contribution < 1.29 is 23.5 Å². The van der Waals surface area contributed by atoms with Crippen molar-refractivity contribution in [3.05, 3.63) is 51.0 Å². The molecule has 29 heavy (non-hydrogen) atoms. The fourth-order valence-electron chi connectivity index (χ4n) is 2.51. The highest BCUT2D eigenvalue weighted by Crippen LogP contribution is 2.36. The van der Waals surface area contributed by atoms with Gasteiger partial charge in [0.2, 0.25) is 0 Å². The molecule has 0 radical (unpaired) electrons. The quantitative estimate of drug-likeness (QED) is 0.416. The van der Waals surface area contributed by atoms with Gasteiger partial charge >= 0.3 is 5.97 Å². The van der Waals surface area contributed by atoms with Crippen LogP contribution in [0.5, 0.6) is 0 Å². The first kappa shape index (κ1) is 21.5. The van der Waals surface area contributed by atoms with Crippen molar-refractivity contribution in [2.75, 3.05) is 6.54 Å². The predicted molar refractivity (Wildman–Crippen MR) is 113 cm³/mol. The van der Waals surface area contributed by atoms with E-state index in [1.165, 1.54) is 6.08 Å². The molecule has 2 heterocycles. The summed E-state index contributed by atoms with van der Waals surface area (Å²) in [7, 11) is 0. The molecule has 0 bridgehead atoms. The molecule has 1 aromatic carbocycles. The number of esters is 1. The normalized spacial score (nSPS) is 16.6. The molecule has 2 amide bonds. The zero-order valence-electron chi connectivity index (χ0n) is 15.6. The van der Waals surface area contributed by atoms with E-state index in [9.17, 15) is 14.4 Å². The van der Waals surface area contributed by atoms with E-state index in [0.29, 0.717) is 33.6 Å². The lowest BCUT2D eigenvalue weighted by Crippen LogP contribution is -2.35. The van der Waals surface area contributed by atoms with E-state index in [1.807, 2.05) is 6.92 Å². The number of carbonyl (C=O) groups excluding carboxylic acids is 3. The molecule has 9 heteroatoms. The summed E-state index contributed by atoms with van der Waals surface area (Å²) in [5.41, 5.74) is 0.611. The molecule has 0 spiro atoms. The molecule has 0 aliphatic carbocycles. The summed E-state index contributed by atoms with van der Waals surface area (Å²) in [5.74, 6) is -0.359. The Labute approximate surface area is 181 Å². The SMILES string of the molecule is CC[C@@H](C)OC(=O)CN1C(=O)S/C(=C/c2ccc(-c3cccc(Cl)c3Cl)o2)C1=O. The molecule has 0 N–H and O–H groups in total. The first-order valence-electron chi connectivity index (χ1n) is 8.79. The Bertz CT molecular complexity index is 1000. The van der Waals surface area contributed by atoms with Crippen molar-refractivity contribution >= 4 is 58.2 Å². The average Bonchev–Trinajstić information content (AvgIpc) is 3.24. The van der Waals surface area contributed by atoms with Crippen molar-refractivity contribution in [1.82, 2.24) is 4.90 Å². The second kappa shape index (κ2) is 9.07. The number of nitrogens with zero attached hydrogens (tertiary/aromatic N) is 1. The standard InChI is InChI=1S/C20H17Cl2NO5S/c1-3-11(2)27-17(24)10-23-19(25)16(29-20(23)26)9-12-7-8-15(28-12)13-5-4-6-14(21)18(13)22/h4-9,11H,3,10H2,1-2H3/b16-9+/t11-/m1/s1. The molecule has 1 aromatic heterocycles. The second-order valence-electron chi connectivity index (χ2n) is 6.28. The number of halogens is 2. The Hall–Kier alpha value is -2.22. The second-order valence-corrected chi connectivity index (χ2v) is 8.06. The van der Waals surface area contributed by atoms with Gasteiger partial charge in [-0.25, -0.2) is 0 Å². The van der Waals surface area contributed by atoms with E-state index >= 15 is 0 Å². The van der Waals surface area contributed by atoms with Gasteiger partial charge < -0.3 is 9.15 Å². The summed E-state index contributed by atoms with van der Waals surface area (Å²) in [6.07, 6.45) is 1.82. The zero-order valence-corrected chi connectivity index (χ0v) is 17.9. The molecule has 1 atom stereocenters. The fourth-order valence-corrected chi connectivity index (χ4v) is 3.72. The van der Waals surface area contributed by atoms with Gasteiger partial charge in [0.1, 0.15) is 18.1 Å². The van der Waals surface area contributed by atoms with Crippen LogP contribution in [0.3, 0.4) is 0 Å². The topological polar surface area (TPSA) is 76.8 Å². The Morgan fingerprint density at radius 2 is 2.03 bits per heavy atom. The molecule has 1 aliphatic rings. The molecule has 1 fully saturated rings. The number of amides is 2. The summed E-state index contributed by atoms with van der Waals surface area (Å²) >= 11 is 13.0. The molecular formula is C20H17Cl2NO5S. The van der Waals surface area contributed by atoms with Gasteiger partial charge in [-0.05, 0) is 49.4 Å². The van der Waals surface area contributed by atoms with Crippen LogP contribution in [0, 0.1) is 0 Å². The average molecular weight is 454 g/mol. The lowest BCUT2D eigenvalue weighted by atomic mass is 10.2. The van der Waals surface area contributed by atoms with Crippen LogP contribution in [0.1, 0.15) is 26.0 Å². The third-order valence-corrected chi connectivity index (χ3v) is 5.91. The van der Waals surface area contributed by atoms with E-state index in [4.69, 9.17) is 32.4 Å². The van der Waals surface area contributed by atoms with Gasteiger partial charge in [-0.2, -0.15) is 0 Å². The summed E-state index contributed by atoms with van der Waals surface area (Å²) in [4.78, 5) is 37.6. The van der Waals surface area contributed by atoms with E-state index in [-0.39, 0.29) is 11.0 Å². The largest absolute Gasteiger partial charge is 0.461 e. The first-order chi connectivity index (χ1) is 13.8. The van der Waals surface area contributed by atoms with Crippen LogP contribution in [0.4, 0.5) is 4.79 Å². The number of benzene rings is 1. The molecular weight excluding hydrogens is 437 g/mol. The molecule has 6 nitrogen and oxygen atoms in total. The Morgan fingerprint density at radius 3 is 2.76 bits per heavy atom. The van der Waals surface area contributed by atoms with Crippen molar-refractivity contribution in [3.63, 3.8) is 0 Å². The van der Waals surface area contributed by atoms with E-state index < -0.39 is 23.7 Å². The van der Waals surface area contributed by atoms with Gasteiger partial charge in [0.15, 0.2) is 0 Å². The van der Waals surface area contributed by atoms with Gasteiger partial charge in [-0.3, -0.25) is 19.3 Å². The van der Waals surface area contributed by atoms with Gasteiger partial charge in [-0.15, -0.1) is 0 Å². The summed E-state index contributed by atoms with van der Waals surface area (Å²) in [6, 6.07) is 8.51. The number of ether oxygens (including phenoxy) is 1. The lowest BCUT2D eigenvalue weighted by Gasteiger charge is -2.14. The van der Waals surface area contributed by atoms with Gasteiger partial charge in [0.05, 0.1) is 21.1 Å². The number of thioether (sulfide) groups is 1. The third-order valence-electron chi connectivity index (χ3n) is 4.19. The zero-order chi connectivity index (χ0) is 21.1. The maximum atomic E-state index is 12.5. The van der Waals surface area contributed by atoms with Crippen LogP contribution in [-0.2, 0) is 14.3 Å². The monoisotopic (exact) mass is 453 g/mol. The van der Waals surface area contributed by atoms with Crippen molar-refractivity contribution in [1.29, 1.82) is 0 Å². The van der Waals surface area contributed by atoms with E-state index in [0.717, 1.165) is 16.7 Å². The van der Waals surface area contributed by atoms with Crippen molar-refractivity contribution in [2.45, 2.75) is 26.4 Å². The molecule has 0 saturated carbocycles. The summed E-state index contributed by atoms with van der Waals surface area (Å²) in [6.45, 7) is 3.19. The van der Waals surface area contributed by atoms with Crippen LogP contribution in [0.25, 0.3) is 17.4 Å². The first-order valence-corrected chi connectivity index (χ1v) is 10.4. The van der Waals surface area contributed by atoms with Gasteiger partial charge in [0.25, 0.3) is 11.1 Å². The Kier molecular flexibility index (Phi) is 6.72. The number of carbonyl (C=O) groups is 3. The minimum absolute atomic E-state index is 0.157. The number of hydrogen-bond acceptors (Lipinski definition) is 6. The minimum atomic E-state index is -0.626.